The first-order valence-corrected chi connectivity index (χ1v) is 11.1. The molecule has 1 saturated carbocycles. The van der Waals surface area contributed by atoms with Crippen molar-refractivity contribution in [2.45, 2.75) is 38.6 Å². The van der Waals surface area contributed by atoms with Crippen LogP contribution < -0.4 is 5.56 Å². The number of hydrogen-bond donors (Lipinski definition) is 1. The van der Waals surface area contributed by atoms with E-state index in [-0.39, 0.29) is 11.5 Å². The van der Waals surface area contributed by atoms with Crippen LogP contribution in [0.5, 0.6) is 0 Å². The van der Waals surface area contributed by atoms with E-state index in [1.165, 1.54) is 24.0 Å². The van der Waals surface area contributed by atoms with Crippen molar-refractivity contribution in [1.82, 2.24) is 4.57 Å². The van der Waals surface area contributed by atoms with E-state index in [2.05, 4.69) is 52.3 Å². The van der Waals surface area contributed by atoms with Crippen LogP contribution in [0.4, 0.5) is 0 Å². The second kappa shape index (κ2) is 9.00. The van der Waals surface area contributed by atoms with Crippen molar-refractivity contribution >= 4 is 21.6 Å². The quantitative estimate of drug-likeness (QED) is 0.275. The van der Waals surface area contributed by atoms with Crippen molar-refractivity contribution in [1.29, 1.82) is 0 Å². The van der Waals surface area contributed by atoms with E-state index in [0.29, 0.717) is 18.1 Å². The highest BCUT2D eigenvalue weighted by atomic mass is 79.9. The first kappa shape index (κ1) is 20.6. The van der Waals surface area contributed by atoms with Gasteiger partial charge in [-0.1, -0.05) is 57.5 Å². The van der Waals surface area contributed by atoms with Crippen LogP contribution in [0.1, 0.15) is 47.4 Å². The molecule has 0 spiro atoms. The summed E-state index contributed by atoms with van der Waals surface area (Å²) < 4.78 is 2.78. The number of nitrogens with zero attached hydrogens (tertiary/aromatic N) is 2. The Morgan fingerprint density at radius 2 is 1.87 bits per heavy atom. The average molecular weight is 465 g/mol. The van der Waals surface area contributed by atoms with E-state index in [4.69, 9.17) is 0 Å². The number of rotatable bonds is 7. The fraction of sp³-hybridized carbons (Fsp3) is 0.280. The Morgan fingerprint density at radius 3 is 2.53 bits per heavy atom. The van der Waals surface area contributed by atoms with Crippen LogP contribution in [0.2, 0.25) is 0 Å². The van der Waals surface area contributed by atoms with E-state index in [1.54, 1.807) is 16.7 Å². The molecule has 0 bridgehead atoms. The average Bonchev–Trinajstić information content (AvgIpc) is 3.57. The lowest BCUT2D eigenvalue weighted by Gasteiger charge is -2.21. The zero-order valence-electron chi connectivity index (χ0n) is 17.0. The molecule has 1 unspecified atom stereocenters. The van der Waals surface area contributed by atoms with Gasteiger partial charge in [-0.2, -0.15) is 0 Å². The molecule has 4 nitrogen and oxygen atoms in total. The van der Waals surface area contributed by atoms with Gasteiger partial charge >= 0.3 is 0 Å². The first-order chi connectivity index (χ1) is 14.5. The van der Waals surface area contributed by atoms with Crippen LogP contribution in [0.25, 0.3) is 0 Å². The van der Waals surface area contributed by atoms with Gasteiger partial charge in [-0.15, -0.1) is 0 Å². The predicted molar refractivity (Wildman–Crippen MR) is 124 cm³/mol. The number of halogens is 1. The Hall–Kier alpha value is -2.66. The van der Waals surface area contributed by atoms with Crippen molar-refractivity contribution in [3.05, 3.63) is 104 Å². The van der Waals surface area contributed by atoms with Crippen LogP contribution in [0.15, 0.2) is 81.3 Å². The molecule has 1 aliphatic carbocycles. The molecular weight excluding hydrogens is 440 g/mol. The normalized spacial score (nSPS) is 15.2. The van der Waals surface area contributed by atoms with Crippen LogP contribution in [-0.2, 0) is 6.54 Å². The maximum atomic E-state index is 12.2. The smallest absolute Gasteiger partial charge is 0.250 e. The van der Waals surface area contributed by atoms with E-state index < -0.39 is 0 Å². The molecule has 0 saturated heterocycles. The monoisotopic (exact) mass is 464 g/mol. The molecule has 0 amide bonds. The molecule has 0 aliphatic heterocycles. The number of pyridine rings is 1. The van der Waals surface area contributed by atoms with Gasteiger partial charge < -0.3 is 9.77 Å². The molecule has 2 aromatic carbocycles. The minimum absolute atomic E-state index is 0.00805. The van der Waals surface area contributed by atoms with Gasteiger partial charge in [0.15, 0.2) is 0 Å². The van der Waals surface area contributed by atoms with E-state index >= 15 is 0 Å². The third-order valence-corrected chi connectivity index (χ3v) is 6.35. The Kier molecular flexibility index (Phi) is 6.18. The summed E-state index contributed by atoms with van der Waals surface area (Å²) in [5.74, 6) is 0.629. The SMILES string of the molecule is Cc1ccccc1C(C/C(=N/O)c1ccc(=O)n(CC2CC2)c1)c1ccc(Br)cc1. The predicted octanol–water partition coefficient (Wildman–Crippen LogP) is 5.73. The Balaban J connectivity index is 1.70. The van der Waals surface area contributed by atoms with Gasteiger partial charge in [0.1, 0.15) is 0 Å². The fourth-order valence-electron chi connectivity index (χ4n) is 3.91. The zero-order valence-corrected chi connectivity index (χ0v) is 18.5. The van der Waals surface area contributed by atoms with Crippen LogP contribution >= 0.6 is 15.9 Å². The summed E-state index contributed by atoms with van der Waals surface area (Å²) in [6, 6.07) is 19.9. The summed E-state index contributed by atoms with van der Waals surface area (Å²) in [5.41, 5.74) is 4.91. The van der Waals surface area contributed by atoms with Gasteiger partial charge in [-0.05, 0) is 60.6 Å². The standard InChI is InChI=1S/C25H25BrN2O2/c1-17-4-2-3-5-22(17)23(19-8-11-21(26)12-9-19)14-24(27-30)20-10-13-25(29)28(16-20)15-18-6-7-18/h2-5,8-13,16,18,23,30H,6-7,14-15H2,1H3/b27-24-. The summed E-state index contributed by atoms with van der Waals surface area (Å²) in [6.07, 6.45) is 4.73. The number of oxime groups is 1. The van der Waals surface area contributed by atoms with Crippen molar-refractivity contribution in [3.63, 3.8) is 0 Å². The molecular formula is C25H25BrN2O2. The molecule has 154 valence electrons. The Labute approximate surface area is 185 Å². The molecule has 5 heteroatoms. The van der Waals surface area contributed by atoms with Crippen LogP contribution in [0.3, 0.4) is 0 Å². The maximum Gasteiger partial charge on any atom is 0.250 e. The molecule has 1 atom stereocenters. The summed E-state index contributed by atoms with van der Waals surface area (Å²) >= 11 is 3.51. The van der Waals surface area contributed by atoms with E-state index in [9.17, 15) is 10.0 Å². The summed E-state index contributed by atoms with van der Waals surface area (Å²) in [4.78, 5) is 12.2. The van der Waals surface area contributed by atoms with E-state index in [1.807, 2.05) is 30.5 Å². The third kappa shape index (κ3) is 4.73. The molecule has 3 aromatic rings. The van der Waals surface area contributed by atoms with E-state index in [0.717, 1.165) is 22.1 Å². The number of aryl methyl sites for hydroxylation is 1. The molecule has 1 aliphatic rings. The Morgan fingerprint density at radius 1 is 1.13 bits per heavy atom. The van der Waals surface area contributed by atoms with Gasteiger partial charge in [-0.3, -0.25) is 4.79 Å². The second-order valence-corrected chi connectivity index (χ2v) is 8.98. The van der Waals surface area contributed by atoms with Crippen molar-refractivity contribution < 1.29 is 5.21 Å². The lowest BCUT2D eigenvalue weighted by Crippen LogP contribution is -2.22. The molecule has 1 aromatic heterocycles. The van der Waals surface area contributed by atoms with Crippen molar-refractivity contribution in [2.75, 3.05) is 0 Å². The molecule has 0 radical (unpaired) electrons. The number of hydrogen-bond acceptors (Lipinski definition) is 3. The molecule has 1 heterocycles. The molecule has 1 fully saturated rings. The summed E-state index contributed by atoms with van der Waals surface area (Å²) in [7, 11) is 0. The topological polar surface area (TPSA) is 54.6 Å². The van der Waals surface area contributed by atoms with Gasteiger partial charge in [0.2, 0.25) is 0 Å². The highest BCUT2D eigenvalue weighted by Crippen LogP contribution is 2.33. The van der Waals surface area contributed by atoms with Gasteiger partial charge in [-0.25, -0.2) is 0 Å². The second-order valence-electron chi connectivity index (χ2n) is 8.06. The zero-order chi connectivity index (χ0) is 21.1. The lowest BCUT2D eigenvalue weighted by atomic mass is 9.83. The lowest BCUT2D eigenvalue weighted by molar-refractivity contribution is 0.317. The molecule has 1 N–H and O–H groups in total. The highest BCUT2D eigenvalue weighted by molar-refractivity contribution is 9.10. The largest absolute Gasteiger partial charge is 0.411 e. The third-order valence-electron chi connectivity index (χ3n) is 5.82. The van der Waals surface area contributed by atoms with Gasteiger partial charge in [0.25, 0.3) is 5.56 Å². The van der Waals surface area contributed by atoms with Gasteiger partial charge in [0, 0.05) is 41.2 Å². The van der Waals surface area contributed by atoms with Crippen LogP contribution in [0, 0.1) is 12.8 Å². The van der Waals surface area contributed by atoms with Crippen molar-refractivity contribution in [3.8, 4) is 0 Å². The Bertz CT molecular complexity index is 1110. The van der Waals surface area contributed by atoms with Crippen molar-refractivity contribution in [2.24, 2.45) is 11.1 Å². The first-order valence-electron chi connectivity index (χ1n) is 10.3. The van der Waals surface area contributed by atoms with Crippen LogP contribution in [-0.4, -0.2) is 15.5 Å². The molecule has 30 heavy (non-hydrogen) atoms. The molecule has 4 rings (SSSR count). The fourth-order valence-corrected chi connectivity index (χ4v) is 4.18. The maximum absolute atomic E-state index is 12.2. The van der Waals surface area contributed by atoms with Gasteiger partial charge in [0.05, 0.1) is 5.71 Å². The highest BCUT2D eigenvalue weighted by Gasteiger charge is 2.23. The summed E-state index contributed by atoms with van der Waals surface area (Å²) in [5, 5.41) is 13.5. The number of aromatic nitrogens is 1. The minimum Gasteiger partial charge on any atom is -0.411 e. The number of benzene rings is 2. The minimum atomic E-state index is -0.00805. The summed E-state index contributed by atoms with van der Waals surface area (Å²) in [6.45, 7) is 2.84.